The summed E-state index contributed by atoms with van der Waals surface area (Å²) in [5.41, 5.74) is 1.20. The zero-order valence-corrected chi connectivity index (χ0v) is 11.9. The first-order chi connectivity index (χ1) is 8.97. The van der Waals surface area contributed by atoms with E-state index in [1.165, 1.54) is 0 Å². The van der Waals surface area contributed by atoms with Crippen LogP contribution in [0.2, 0.25) is 0 Å². The van der Waals surface area contributed by atoms with Gasteiger partial charge in [-0.2, -0.15) is 0 Å². The summed E-state index contributed by atoms with van der Waals surface area (Å²) in [4.78, 5) is 18.0. The Hall–Kier alpha value is -1.58. The fourth-order valence-corrected chi connectivity index (χ4v) is 2.36. The van der Waals surface area contributed by atoms with Gasteiger partial charge in [-0.15, -0.1) is 0 Å². The van der Waals surface area contributed by atoms with Crippen LogP contribution in [0, 0.1) is 5.92 Å². The average molecular weight is 262 g/mol. The van der Waals surface area contributed by atoms with Crippen molar-refractivity contribution in [1.82, 2.24) is 4.98 Å². The van der Waals surface area contributed by atoms with Crippen LogP contribution in [0.1, 0.15) is 55.6 Å². The SMILES string of the molecule is CC1CCN(c2cc(C(=O)O)cc(C(C)C)n2)CC1. The summed E-state index contributed by atoms with van der Waals surface area (Å²) in [5, 5.41) is 9.21. The maximum absolute atomic E-state index is 11.2. The fourth-order valence-electron chi connectivity index (χ4n) is 2.36. The van der Waals surface area contributed by atoms with Crippen LogP contribution >= 0.6 is 0 Å². The first-order valence-electron chi connectivity index (χ1n) is 6.97. The largest absolute Gasteiger partial charge is 0.478 e. The predicted molar refractivity (Wildman–Crippen MR) is 75.9 cm³/mol. The Morgan fingerprint density at radius 2 is 2.00 bits per heavy atom. The van der Waals surface area contributed by atoms with Crippen LogP contribution in [-0.2, 0) is 0 Å². The molecule has 4 nitrogen and oxygen atoms in total. The normalized spacial score (nSPS) is 16.9. The molecule has 4 heteroatoms. The summed E-state index contributed by atoms with van der Waals surface area (Å²) >= 11 is 0. The third-order valence-electron chi connectivity index (χ3n) is 3.78. The quantitative estimate of drug-likeness (QED) is 0.909. The molecule has 0 aliphatic carbocycles. The molecule has 0 unspecified atom stereocenters. The number of pyridine rings is 1. The van der Waals surface area contributed by atoms with Crippen molar-refractivity contribution in [2.45, 2.75) is 39.5 Å². The number of nitrogens with zero attached hydrogens (tertiary/aromatic N) is 2. The smallest absolute Gasteiger partial charge is 0.335 e. The number of piperidine rings is 1. The molecule has 1 N–H and O–H groups in total. The first kappa shape index (κ1) is 13.8. The number of anilines is 1. The zero-order valence-electron chi connectivity index (χ0n) is 11.9. The molecule has 1 aromatic heterocycles. The maximum atomic E-state index is 11.2. The van der Waals surface area contributed by atoms with Gasteiger partial charge in [0.05, 0.1) is 5.56 Å². The zero-order chi connectivity index (χ0) is 14.0. The van der Waals surface area contributed by atoms with Crippen LogP contribution in [0.15, 0.2) is 12.1 Å². The molecule has 19 heavy (non-hydrogen) atoms. The molecule has 0 spiro atoms. The summed E-state index contributed by atoms with van der Waals surface area (Å²) in [7, 11) is 0. The molecular formula is C15H22N2O2. The molecule has 0 saturated carbocycles. The van der Waals surface area contributed by atoms with Crippen molar-refractivity contribution in [2.24, 2.45) is 5.92 Å². The summed E-state index contributed by atoms with van der Waals surface area (Å²) < 4.78 is 0. The van der Waals surface area contributed by atoms with Crippen molar-refractivity contribution in [1.29, 1.82) is 0 Å². The van der Waals surface area contributed by atoms with Gasteiger partial charge in [-0.1, -0.05) is 20.8 Å². The molecule has 0 amide bonds. The molecule has 1 aliphatic heterocycles. The van der Waals surface area contributed by atoms with Gasteiger partial charge < -0.3 is 10.0 Å². The fraction of sp³-hybridized carbons (Fsp3) is 0.600. The first-order valence-corrected chi connectivity index (χ1v) is 6.97. The summed E-state index contributed by atoms with van der Waals surface area (Å²) in [5.74, 6) is 0.927. The minimum Gasteiger partial charge on any atom is -0.478 e. The minimum absolute atomic E-state index is 0.238. The molecular weight excluding hydrogens is 240 g/mol. The lowest BCUT2D eigenvalue weighted by molar-refractivity contribution is 0.0696. The Bertz CT molecular complexity index is 463. The topological polar surface area (TPSA) is 53.4 Å². The van der Waals surface area contributed by atoms with E-state index in [9.17, 15) is 9.90 Å². The molecule has 1 aliphatic rings. The van der Waals surface area contributed by atoms with E-state index in [2.05, 4.69) is 16.8 Å². The highest BCUT2D eigenvalue weighted by Crippen LogP contribution is 2.24. The monoisotopic (exact) mass is 262 g/mol. The highest BCUT2D eigenvalue weighted by molar-refractivity contribution is 5.88. The Balaban J connectivity index is 2.31. The molecule has 1 aromatic rings. The summed E-state index contributed by atoms with van der Waals surface area (Å²) in [6.07, 6.45) is 2.30. The molecule has 1 fully saturated rings. The number of carbonyl (C=O) groups is 1. The van der Waals surface area contributed by atoms with E-state index < -0.39 is 5.97 Å². The molecule has 2 heterocycles. The highest BCUT2D eigenvalue weighted by Gasteiger charge is 2.19. The van der Waals surface area contributed by atoms with E-state index in [4.69, 9.17) is 0 Å². The van der Waals surface area contributed by atoms with Gasteiger partial charge in [0.25, 0.3) is 0 Å². The Labute approximate surface area is 114 Å². The van der Waals surface area contributed by atoms with Crippen LogP contribution in [0.5, 0.6) is 0 Å². The number of hydrogen-bond acceptors (Lipinski definition) is 3. The van der Waals surface area contributed by atoms with Gasteiger partial charge in [0.2, 0.25) is 0 Å². The van der Waals surface area contributed by atoms with Crippen molar-refractivity contribution in [3.63, 3.8) is 0 Å². The standard InChI is InChI=1S/C15H22N2O2/c1-10(2)13-8-12(15(18)19)9-14(16-13)17-6-4-11(3)5-7-17/h8-11H,4-7H2,1-3H3,(H,18,19). The highest BCUT2D eigenvalue weighted by atomic mass is 16.4. The van der Waals surface area contributed by atoms with Gasteiger partial charge in [-0.25, -0.2) is 9.78 Å². The van der Waals surface area contributed by atoms with Crippen molar-refractivity contribution < 1.29 is 9.90 Å². The van der Waals surface area contributed by atoms with Crippen LogP contribution < -0.4 is 4.90 Å². The van der Waals surface area contributed by atoms with Crippen LogP contribution in [0.3, 0.4) is 0 Å². The molecule has 0 bridgehead atoms. The van der Waals surface area contributed by atoms with Crippen LogP contribution in [0.25, 0.3) is 0 Å². The second-order valence-corrected chi connectivity index (χ2v) is 5.77. The number of rotatable bonds is 3. The van der Waals surface area contributed by atoms with E-state index >= 15 is 0 Å². The third kappa shape index (κ3) is 3.25. The molecule has 0 radical (unpaired) electrons. The molecule has 0 atom stereocenters. The number of carboxylic acids is 1. The lowest BCUT2D eigenvalue weighted by Gasteiger charge is -2.31. The second kappa shape index (κ2) is 5.59. The van der Waals surface area contributed by atoms with Gasteiger partial charge in [0.15, 0.2) is 0 Å². The molecule has 1 saturated heterocycles. The second-order valence-electron chi connectivity index (χ2n) is 5.77. The Kier molecular flexibility index (Phi) is 4.08. The van der Waals surface area contributed by atoms with Crippen LogP contribution in [-0.4, -0.2) is 29.1 Å². The number of aromatic nitrogens is 1. The predicted octanol–water partition coefficient (Wildman–Crippen LogP) is 3.14. The van der Waals surface area contributed by atoms with Crippen molar-refractivity contribution >= 4 is 11.8 Å². The van der Waals surface area contributed by atoms with E-state index in [0.717, 1.165) is 43.4 Å². The van der Waals surface area contributed by atoms with Gasteiger partial charge in [0, 0.05) is 18.8 Å². The van der Waals surface area contributed by atoms with Gasteiger partial charge in [0.1, 0.15) is 5.82 Å². The third-order valence-corrected chi connectivity index (χ3v) is 3.78. The lowest BCUT2D eigenvalue weighted by atomic mass is 9.99. The lowest BCUT2D eigenvalue weighted by Crippen LogP contribution is -2.33. The molecule has 2 rings (SSSR count). The van der Waals surface area contributed by atoms with Crippen LogP contribution in [0.4, 0.5) is 5.82 Å². The Morgan fingerprint density at radius 1 is 1.37 bits per heavy atom. The average Bonchev–Trinajstić information content (AvgIpc) is 2.39. The minimum atomic E-state index is -0.879. The van der Waals surface area contributed by atoms with Crippen molar-refractivity contribution in [2.75, 3.05) is 18.0 Å². The van der Waals surface area contributed by atoms with E-state index in [0.29, 0.717) is 5.56 Å². The molecule has 0 aromatic carbocycles. The summed E-state index contributed by atoms with van der Waals surface area (Å²) in [6.45, 7) is 8.27. The van der Waals surface area contributed by atoms with Gasteiger partial charge >= 0.3 is 5.97 Å². The summed E-state index contributed by atoms with van der Waals surface area (Å²) in [6, 6.07) is 3.38. The maximum Gasteiger partial charge on any atom is 0.335 e. The van der Waals surface area contributed by atoms with E-state index in [-0.39, 0.29) is 5.92 Å². The van der Waals surface area contributed by atoms with E-state index in [1.54, 1.807) is 12.1 Å². The van der Waals surface area contributed by atoms with Gasteiger partial charge in [-0.05, 0) is 36.8 Å². The Morgan fingerprint density at radius 3 is 2.53 bits per heavy atom. The molecule has 104 valence electrons. The number of hydrogen-bond donors (Lipinski definition) is 1. The van der Waals surface area contributed by atoms with Crippen molar-refractivity contribution in [3.05, 3.63) is 23.4 Å². The number of aromatic carboxylic acids is 1. The van der Waals surface area contributed by atoms with E-state index in [1.807, 2.05) is 13.8 Å². The number of carboxylic acid groups (broad SMARTS) is 1. The van der Waals surface area contributed by atoms with Crippen molar-refractivity contribution in [3.8, 4) is 0 Å². The van der Waals surface area contributed by atoms with Gasteiger partial charge in [-0.3, -0.25) is 0 Å².